The minimum Gasteiger partial charge on any atom is -0.494 e. The minimum atomic E-state index is -0.455. The third-order valence-electron chi connectivity index (χ3n) is 3.85. The summed E-state index contributed by atoms with van der Waals surface area (Å²) in [6.07, 6.45) is 0.815. The molecule has 0 amide bonds. The lowest BCUT2D eigenvalue weighted by Gasteiger charge is -2.04. The van der Waals surface area contributed by atoms with E-state index in [4.69, 9.17) is 4.74 Å². The Labute approximate surface area is 127 Å². The van der Waals surface area contributed by atoms with Crippen LogP contribution in [0.25, 0.3) is 22.2 Å². The van der Waals surface area contributed by atoms with Crippen LogP contribution >= 0.6 is 0 Å². The van der Waals surface area contributed by atoms with Crippen LogP contribution in [0.1, 0.15) is 21.5 Å². The summed E-state index contributed by atoms with van der Waals surface area (Å²) in [5.41, 5.74) is 4.83. The van der Waals surface area contributed by atoms with Gasteiger partial charge >= 0.3 is 0 Å². The summed E-state index contributed by atoms with van der Waals surface area (Å²) in [5.74, 6) is -0.275. The summed E-state index contributed by atoms with van der Waals surface area (Å²) in [6.45, 7) is 3.97. The molecule has 1 heterocycles. The monoisotopic (exact) mass is 297 g/mol. The zero-order chi connectivity index (χ0) is 15.9. The fourth-order valence-electron chi connectivity index (χ4n) is 2.84. The number of methoxy groups -OCH3 is 1. The van der Waals surface area contributed by atoms with E-state index < -0.39 is 5.82 Å². The number of ether oxygens (including phenoxy) is 1. The molecule has 112 valence electrons. The zero-order valence-corrected chi connectivity index (χ0v) is 12.7. The van der Waals surface area contributed by atoms with Crippen LogP contribution in [0.4, 0.5) is 4.39 Å². The van der Waals surface area contributed by atoms with Gasteiger partial charge in [-0.15, -0.1) is 0 Å². The molecule has 0 radical (unpaired) electrons. The molecule has 0 saturated carbocycles. The topological polar surface area (TPSA) is 42.1 Å². The molecule has 0 aliphatic carbocycles. The van der Waals surface area contributed by atoms with Crippen LogP contribution in [-0.2, 0) is 0 Å². The third kappa shape index (κ3) is 2.17. The molecule has 4 heteroatoms. The van der Waals surface area contributed by atoms with Crippen molar-refractivity contribution in [1.82, 2.24) is 4.98 Å². The highest BCUT2D eigenvalue weighted by molar-refractivity contribution is 6.05. The Morgan fingerprint density at radius 1 is 1.18 bits per heavy atom. The van der Waals surface area contributed by atoms with Gasteiger partial charge in [-0.05, 0) is 43.7 Å². The number of carbonyl (C=O) groups is 1. The molecule has 2 aromatic carbocycles. The van der Waals surface area contributed by atoms with Crippen molar-refractivity contribution < 1.29 is 13.9 Å². The van der Waals surface area contributed by atoms with Gasteiger partial charge in [0, 0.05) is 22.0 Å². The average Bonchev–Trinajstić information content (AvgIpc) is 2.85. The smallest absolute Gasteiger partial charge is 0.165 e. The third-order valence-corrected chi connectivity index (χ3v) is 3.85. The van der Waals surface area contributed by atoms with Crippen LogP contribution in [0.2, 0.25) is 0 Å². The number of aromatic amines is 1. The average molecular weight is 297 g/mol. The van der Waals surface area contributed by atoms with E-state index in [2.05, 4.69) is 4.98 Å². The number of aryl methyl sites for hydroxylation is 2. The summed E-state index contributed by atoms with van der Waals surface area (Å²) in [6, 6.07) is 8.68. The highest BCUT2D eigenvalue weighted by Crippen LogP contribution is 2.33. The van der Waals surface area contributed by atoms with Crippen molar-refractivity contribution in [2.45, 2.75) is 13.8 Å². The van der Waals surface area contributed by atoms with E-state index in [1.165, 1.54) is 13.2 Å². The summed E-state index contributed by atoms with van der Waals surface area (Å²) >= 11 is 0. The highest BCUT2D eigenvalue weighted by atomic mass is 19.1. The van der Waals surface area contributed by atoms with Gasteiger partial charge in [0.1, 0.15) is 0 Å². The van der Waals surface area contributed by atoms with E-state index in [1.807, 2.05) is 26.0 Å². The minimum absolute atomic E-state index is 0.180. The molecular weight excluding hydrogens is 281 g/mol. The first-order chi connectivity index (χ1) is 10.5. The molecule has 0 atom stereocenters. The summed E-state index contributed by atoms with van der Waals surface area (Å²) < 4.78 is 18.9. The number of aldehydes is 1. The van der Waals surface area contributed by atoms with Gasteiger partial charge in [-0.25, -0.2) is 4.39 Å². The number of halogens is 1. The van der Waals surface area contributed by atoms with Crippen LogP contribution in [0.5, 0.6) is 5.75 Å². The Hall–Kier alpha value is -2.62. The SMILES string of the molecule is COc1ccc(-c2[nH]c3c(C)cc(C)cc3c2C=O)cc1F. The second-order valence-corrected chi connectivity index (χ2v) is 5.39. The normalized spacial score (nSPS) is 10.9. The number of hydrogen-bond donors (Lipinski definition) is 1. The number of hydrogen-bond acceptors (Lipinski definition) is 2. The van der Waals surface area contributed by atoms with Crippen molar-refractivity contribution in [3.05, 3.63) is 52.8 Å². The molecule has 1 N–H and O–H groups in total. The molecule has 22 heavy (non-hydrogen) atoms. The summed E-state index contributed by atoms with van der Waals surface area (Å²) in [4.78, 5) is 14.8. The lowest BCUT2D eigenvalue weighted by Crippen LogP contribution is -1.90. The van der Waals surface area contributed by atoms with E-state index in [9.17, 15) is 9.18 Å². The van der Waals surface area contributed by atoms with Gasteiger partial charge in [0.05, 0.1) is 12.8 Å². The van der Waals surface area contributed by atoms with Gasteiger partial charge in [0.25, 0.3) is 0 Å². The van der Waals surface area contributed by atoms with Gasteiger partial charge in [-0.1, -0.05) is 11.6 Å². The summed E-state index contributed by atoms with van der Waals surface area (Å²) in [7, 11) is 1.42. The van der Waals surface area contributed by atoms with Gasteiger partial charge in [0.2, 0.25) is 0 Å². The zero-order valence-electron chi connectivity index (χ0n) is 12.7. The fraction of sp³-hybridized carbons (Fsp3) is 0.167. The number of aromatic nitrogens is 1. The predicted molar refractivity (Wildman–Crippen MR) is 85.1 cm³/mol. The van der Waals surface area contributed by atoms with E-state index in [-0.39, 0.29) is 5.75 Å². The lowest BCUT2D eigenvalue weighted by atomic mass is 10.0. The van der Waals surface area contributed by atoms with Gasteiger partial charge < -0.3 is 9.72 Å². The maximum atomic E-state index is 13.9. The standard InChI is InChI=1S/C18H16FNO2/c1-10-6-11(2)17-13(7-10)14(9-21)18(20-17)12-4-5-16(22-3)15(19)8-12/h4-9,20H,1-3H3. The Bertz CT molecular complexity index is 880. The maximum Gasteiger partial charge on any atom is 0.165 e. The number of carbonyl (C=O) groups excluding carboxylic acids is 1. The number of fused-ring (bicyclic) bond motifs is 1. The molecule has 3 nitrogen and oxygen atoms in total. The number of rotatable bonds is 3. The highest BCUT2D eigenvalue weighted by Gasteiger charge is 2.16. The number of benzene rings is 2. The van der Waals surface area contributed by atoms with Crippen LogP contribution in [0, 0.1) is 19.7 Å². The Morgan fingerprint density at radius 2 is 1.95 bits per heavy atom. The van der Waals surface area contributed by atoms with Gasteiger partial charge in [0.15, 0.2) is 17.9 Å². The largest absolute Gasteiger partial charge is 0.494 e. The summed E-state index contributed by atoms with van der Waals surface area (Å²) in [5, 5.41) is 0.860. The number of H-pyrrole nitrogens is 1. The molecule has 0 unspecified atom stereocenters. The van der Waals surface area contributed by atoms with E-state index in [1.54, 1.807) is 12.1 Å². The molecule has 0 spiro atoms. The Balaban J connectivity index is 2.29. The lowest BCUT2D eigenvalue weighted by molar-refractivity contribution is 0.112. The molecule has 3 aromatic rings. The van der Waals surface area contributed by atoms with Crippen molar-refractivity contribution >= 4 is 17.2 Å². The van der Waals surface area contributed by atoms with E-state index in [0.717, 1.165) is 28.3 Å². The van der Waals surface area contributed by atoms with Crippen molar-refractivity contribution in [2.75, 3.05) is 7.11 Å². The maximum absolute atomic E-state index is 13.9. The van der Waals surface area contributed by atoms with Gasteiger partial charge in [-0.2, -0.15) is 0 Å². The fourth-order valence-corrected chi connectivity index (χ4v) is 2.84. The second kappa shape index (κ2) is 5.30. The molecule has 0 saturated heterocycles. The molecular formula is C18H16FNO2. The Kier molecular flexibility index (Phi) is 3.45. The Morgan fingerprint density at radius 3 is 2.59 bits per heavy atom. The molecule has 0 bridgehead atoms. The quantitative estimate of drug-likeness (QED) is 0.727. The second-order valence-electron chi connectivity index (χ2n) is 5.39. The molecule has 0 aliphatic heterocycles. The van der Waals surface area contributed by atoms with Crippen molar-refractivity contribution in [1.29, 1.82) is 0 Å². The molecule has 1 aromatic heterocycles. The van der Waals surface area contributed by atoms with Crippen molar-refractivity contribution in [2.24, 2.45) is 0 Å². The van der Waals surface area contributed by atoms with Crippen LogP contribution < -0.4 is 4.74 Å². The first-order valence-electron chi connectivity index (χ1n) is 6.97. The number of nitrogens with one attached hydrogen (secondary N) is 1. The van der Waals surface area contributed by atoms with E-state index in [0.29, 0.717) is 16.8 Å². The predicted octanol–water partition coefficient (Wildman–Crippen LogP) is 4.41. The van der Waals surface area contributed by atoms with E-state index >= 15 is 0 Å². The van der Waals surface area contributed by atoms with Crippen molar-refractivity contribution in [3.8, 4) is 17.0 Å². The van der Waals surface area contributed by atoms with Crippen LogP contribution in [0.3, 0.4) is 0 Å². The van der Waals surface area contributed by atoms with Gasteiger partial charge in [-0.3, -0.25) is 4.79 Å². The first kappa shape index (κ1) is 14.3. The van der Waals surface area contributed by atoms with Crippen LogP contribution in [-0.4, -0.2) is 18.4 Å². The molecule has 3 rings (SSSR count). The van der Waals surface area contributed by atoms with Crippen molar-refractivity contribution in [3.63, 3.8) is 0 Å². The molecule has 0 aliphatic rings. The first-order valence-corrected chi connectivity index (χ1v) is 6.97. The van der Waals surface area contributed by atoms with Crippen LogP contribution in [0.15, 0.2) is 30.3 Å². The molecule has 0 fully saturated rings.